The zero-order chi connectivity index (χ0) is 19.6. The molecule has 0 heterocycles. The van der Waals surface area contributed by atoms with E-state index in [4.69, 9.17) is 9.05 Å². The summed E-state index contributed by atoms with van der Waals surface area (Å²) >= 11 is 0. The van der Waals surface area contributed by atoms with E-state index in [1.165, 1.54) is 0 Å². The number of carbonyl (C=O) groups is 1. The molecule has 28 heavy (non-hydrogen) atoms. The minimum atomic E-state index is -4.10. The SMILES string of the molecule is CCC(=O)P(=O)(Oc1cccc2ccccc12)Oc1cccc2ccccc12. The topological polar surface area (TPSA) is 52.6 Å². The van der Waals surface area contributed by atoms with Gasteiger partial charge in [-0.05, 0) is 22.9 Å². The van der Waals surface area contributed by atoms with Crippen molar-refractivity contribution < 1.29 is 18.4 Å². The van der Waals surface area contributed by atoms with Crippen LogP contribution in [0.4, 0.5) is 0 Å². The summed E-state index contributed by atoms with van der Waals surface area (Å²) in [6.45, 7) is 1.65. The maximum atomic E-state index is 13.6. The van der Waals surface area contributed by atoms with Gasteiger partial charge in [0.15, 0.2) is 0 Å². The van der Waals surface area contributed by atoms with Crippen LogP contribution in [-0.2, 0) is 9.36 Å². The molecular formula is C23H19O4P. The van der Waals surface area contributed by atoms with Crippen molar-refractivity contribution in [3.8, 4) is 11.5 Å². The fraction of sp³-hybridized carbons (Fsp3) is 0.0870. The Morgan fingerprint density at radius 2 is 1.14 bits per heavy atom. The zero-order valence-corrected chi connectivity index (χ0v) is 16.3. The predicted molar refractivity (Wildman–Crippen MR) is 112 cm³/mol. The summed E-state index contributed by atoms with van der Waals surface area (Å²) in [5.74, 6) is 0.729. The third-order valence-corrected chi connectivity index (χ3v) is 6.35. The number of hydrogen-bond acceptors (Lipinski definition) is 4. The van der Waals surface area contributed by atoms with E-state index in [1.54, 1.807) is 31.2 Å². The number of benzene rings is 4. The van der Waals surface area contributed by atoms with Gasteiger partial charge in [0.2, 0.25) is 0 Å². The summed E-state index contributed by atoms with van der Waals surface area (Å²) < 4.78 is 25.2. The van der Waals surface area contributed by atoms with Gasteiger partial charge in [0.1, 0.15) is 11.5 Å². The van der Waals surface area contributed by atoms with Gasteiger partial charge in [-0.2, -0.15) is 0 Å². The molecule has 0 aromatic heterocycles. The summed E-state index contributed by atoms with van der Waals surface area (Å²) in [6.07, 6.45) is 0.0484. The Morgan fingerprint density at radius 1 is 0.714 bits per heavy atom. The highest BCUT2D eigenvalue weighted by atomic mass is 31.2. The Hall–Kier alpha value is -3.10. The van der Waals surface area contributed by atoms with Crippen LogP contribution in [0.5, 0.6) is 11.5 Å². The van der Waals surface area contributed by atoms with Crippen LogP contribution in [0.1, 0.15) is 13.3 Å². The molecule has 0 aliphatic rings. The second-order valence-electron chi connectivity index (χ2n) is 6.38. The molecular weight excluding hydrogens is 371 g/mol. The summed E-state index contributed by atoms with van der Waals surface area (Å²) in [4.78, 5) is 12.6. The largest absolute Gasteiger partial charge is 0.498 e. The Balaban J connectivity index is 1.78. The quantitative estimate of drug-likeness (QED) is 0.349. The third kappa shape index (κ3) is 3.39. The van der Waals surface area contributed by atoms with Gasteiger partial charge in [0, 0.05) is 17.2 Å². The van der Waals surface area contributed by atoms with Gasteiger partial charge in [-0.3, -0.25) is 4.79 Å². The Bertz CT molecular complexity index is 1120. The second-order valence-corrected chi connectivity index (χ2v) is 8.24. The lowest BCUT2D eigenvalue weighted by Crippen LogP contribution is -2.11. The summed E-state index contributed by atoms with van der Waals surface area (Å²) in [5, 5.41) is 3.41. The van der Waals surface area contributed by atoms with Crippen molar-refractivity contribution >= 4 is 34.7 Å². The highest BCUT2D eigenvalue weighted by Crippen LogP contribution is 2.52. The third-order valence-electron chi connectivity index (χ3n) is 4.54. The van der Waals surface area contributed by atoms with E-state index in [2.05, 4.69) is 0 Å². The van der Waals surface area contributed by atoms with Crippen molar-refractivity contribution in [2.75, 3.05) is 0 Å². The fourth-order valence-corrected chi connectivity index (χ4v) is 4.59. The summed E-state index contributed by atoms with van der Waals surface area (Å²) in [5.41, 5.74) is -0.562. The molecule has 0 saturated heterocycles. The Morgan fingerprint density at radius 3 is 1.61 bits per heavy atom. The van der Waals surface area contributed by atoms with E-state index in [0.29, 0.717) is 11.5 Å². The number of fused-ring (bicyclic) bond motifs is 2. The molecule has 0 atom stereocenters. The van der Waals surface area contributed by atoms with Crippen molar-refractivity contribution in [1.29, 1.82) is 0 Å². The van der Waals surface area contributed by atoms with Crippen LogP contribution in [0.25, 0.3) is 21.5 Å². The van der Waals surface area contributed by atoms with E-state index in [1.807, 2.05) is 60.7 Å². The van der Waals surface area contributed by atoms with Crippen LogP contribution in [-0.4, -0.2) is 5.52 Å². The lowest BCUT2D eigenvalue weighted by Gasteiger charge is -2.20. The Kier molecular flexibility index (Phi) is 4.89. The van der Waals surface area contributed by atoms with Crippen LogP contribution in [0, 0.1) is 0 Å². The maximum Gasteiger partial charge on any atom is 0.498 e. The first-order chi connectivity index (χ1) is 13.6. The minimum Gasteiger partial charge on any atom is -0.410 e. The fourth-order valence-electron chi connectivity index (χ4n) is 3.12. The highest BCUT2D eigenvalue weighted by Gasteiger charge is 2.37. The van der Waals surface area contributed by atoms with Crippen LogP contribution in [0.3, 0.4) is 0 Å². The molecule has 0 spiro atoms. The van der Waals surface area contributed by atoms with Crippen molar-refractivity contribution in [3.63, 3.8) is 0 Å². The van der Waals surface area contributed by atoms with Gasteiger partial charge in [-0.25, -0.2) is 4.57 Å². The summed E-state index contributed by atoms with van der Waals surface area (Å²) in [6, 6.07) is 26.0. The lowest BCUT2D eigenvalue weighted by atomic mass is 10.1. The molecule has 0 aliphatic heterocycles. The average molecular weight is 390 g/mol. The molecule has 4 rings (SSSR count). The molecule has 0 fully saturated rings. The van der Waals surface area contributed by atoms with Crippen LogP contribution in [0.2, 0.25) is 0 Å². The smallest absolute Gasteiger partial charge is 0.410 e. The standard InChI is InChI=1S/C23H19O4P/c1-2-23(24)28(25,26-21-15-7-11-17-9-3-5-13-19(17)21)27-22-16-8-12-18-10-4-6-14-20(18)22/h3-16H,2H2,1H3. The van der Waals surface area contributed by atoms with E-state index >= 15 is 0 Å². The second kappa shape index (κ2) is 7.49. The number of hydrogen-bond donors (Lipinski definition) is 0. The van der Waals surface area contributed by atoms with E-state index in [0.717, 1.165) is 21.5 Å². The van der Waals surface area contributed by atoms with E-state index in [-0.39, 0.29) is 6.42 Å². The van der Waals surface area contributed by atoms with Crippen molar-refractivity contribution in [2.45, 2.75) is 13.3 Å². The van der Waals surface area contributed by atoms with Crippen molar-refractivity contribution in [2.24, 2.45) is 0 Å². The first-order valence-electron chi connectivity index (χ1n) is 9.09. The zero-order valence-electron chi connectivity index (χ0n) is 15.4. The molecule has 0 N–H and O–H groups in total. The monoisotopic (exact) mass is 390 g/mol. The van der Waals surface area contributed by atoms with Gasteiger partial charge >= 0.3 is 7.60 Å². The molecule has 0 saturated carbocycles. The van der Waals surface area contributed by atoms with Crippen molar-refractivity contribution in [3.05, 3.63) is 84.9 Å². The van der Waals surface area contributed by atoms with E-state index in [9.17, 15) is 9.36 Å². The van der Waals surface area contributed by atoms with Crippen LogP contribution in [0.15, 0.2) is 84.9 Å². The van der Waals surface area contributed by atoms with Crippen molar-refractivity contribution in [1.82, 2.24) is 0 Å². The average Bonchev–Trinajstić information content (AvgIpc) is 2.73. The molecule has 0 aliphatic carbocycles. The molecule has 140 valence electrons. The van der Waals surface area contributed by atoms with Gasteiger partial charge < -0.3 is 9.05 Å². The van der Waals surface area contributed by atoms with Gasteiger partial charge in [0.25, 0.3) is 5.52 Å². The molecule has 4 aromatic rings. The highest BCUT2D eigenvalue weighted by molar-refractivity contribution is 7.72. The molecule has 0 bridgehead atoms. The molecule has 0 amide bonds. The molecule has 4 aromatic carbocycles. The molecule has 0 radical (unpaired) electrons. The Labute approximate surface area is 163 Å². The summed E-state index contributed by atoms with van der Waals surface area (Å²) in [7, 11) is -4.10. The first-order valence-corrected chi connectivity index (χ1v) is 10.6. The lowest BCUT2D eigenvalue weighted by molar-refractivity contribution is -0.112. The van der Waals surface area contributed by atoms with Crippen LogP contribution < -0.4 is 9.05 Å². The molecule has 5 heteroatoms. The number of rotatable bonds is 6. The normalized spacial score (nSPS) is 11.5. The van der Waals surface area contributed by atoms with Crippen LogP contribution >= 0.6 is 7.60 Å². The minimum absolute atomic E-state index is 0.0484. The number of carbonyl (C=O) groups excluding carboxylic acids is 1. The van der Waals surface area contributed by atoms with E-state index < -0.39 is 13.1 Å². The maximum absolute atomic E-state index is 13.6. The van der Waals surface area contributed by atoms with Gasteiger partial charge in [0.05, 0.1) is 0 Å². The first kappa shape index (κ1) is 18.3. The molecule has 4 nitrogen and oxygen atoms in total. The van der Waals surface area contributed by atoms with Gasteiger partial charge in [-0.15, -0.1) is 0 Å². The molecule has 0 unspecified atom stereocenters. The van der Waals surface area contributed by atoms with Gasteiger partial charge in [-0.1, -0.05) is 79.7 Å². The predicted octanol–water partition coefficient (Wildman–Crippen LogP) is 6.58.